The van der Waals surface area contributed by atoms with Crippen LogP contribution in [-0.2, 0) is 14.3 Å². The summed E-state index contributed by atoms with van der Waals surface area (Å²) in [6.07, 6.45) is 3.50. The second kappa shape index (κ2) is 10.9. The Labute approximate surface area is 206 Å². The summed E-state index contributed by atoms with van der Waals surface area (Å²) in [4.78, 5) is 35.2. The van der Waals surface area contributed by atoms with Crippen molar-refractivity contribution in [3.8, 4) is 16.9 Å². The van der Waals surface area contributed by atoms with Crippen molar-refractivity contribution in [2.45, 2.75) is 13.0 Å². The zero-order valence-corrected chi connectivity index (χ0v) is 19.3. The van der Waals surface area contributed by atoms with Crippen LogP contribution in [0.4, 0.5) is 11.4 Å². The molecule has 1 aromatic heterocycles. The molecule has 9 nitrogen and oxygen atoms in total. The van der Waals surface area contributed by atoms with Crippen LogP contribution in [0.3, 0.4) is 0 Å². The number of nitro groups is 1. The van der Waals surface area contributed by atoms with Gasteiger partial charge >= 0.3 is 5.97 Å². The molecule has 0 radical (unpaired) electrons. The second-order valence-corrected chi connectivity index (χ2v) is 7.79. The first kappa shape index (κ1) is 24.1. The van der Waals surface area contributed by atoms with Crippen molar-refractivity contribution in [2.24, 2.45) is 0 Å². The normalized spacial score (nSPS) is 11.7. The van der Waals surface area contributed by atoms with Crippen LogP contribution >= 0.6 is 0 Å². The average molecular weight is 482 g/mol. The molecule has 0 saturated heterocycles. The third-order valence-corrected chi connectivity index (χ3v) is 5.20. The zero-order chi connectivity index (χ0) is 25.5. The first-order chi connectivity index (χ1) is 17.4. The van der Waals surface area contributed by atoms with Gasteiger partial charge < -0.3 is 10.1 Å². The molecule has 4 rings (SSSR count). The van der Waals surface area contributed by atoms with Gasteiger partial charge in [0.2, 0.25) is 0 Å². The second-order valence-electron chi connectivity index (χ2n) is 7.79. The van der Waals surface area contributed by atoms with Crippen LogP contribution in [0.5, 0.6) is 0 Å². The highest BCUT2D eigenvalue weighted by Gasteiger charge is 2.18. The summed E-state index contributed by atoms with van der Waals surface area (Å²) in [5, 5.41) is 18.1. The van der Waals surface area contributed by atoms with Crippen molar-refractivity contribution in [1.82, 2.24) is 9.78 Å². The van der Waals surface area contributed by atoms with Gasteiger partial charge in [-0.3, -0.25) is 14.9 Å². The topological polar surface area (TPSA) is 116 Å². The van der Waals surface area contributed by atoms with Crippen molar-refractivity contribution in [1.29, 1.82) is 0 Å². The number of amides is 1. The molecule has 0 saturated carbocycles. The summed E-state index contributed by atoms with van der Waals surface area (Å²) in [6.45, 7) is 1.42. The van der Waals surface area contributed by atoms with E-state index in [0.717, 1.165) is 11.3 Å². The number of nitro benzene ring substituents is 1. The number of para-hydroxylation sites is 1. The van der Waals surface area contributed by atoms with Gasteiger partial charge in [0.1, 0.15) is 0 Å². The lowest BCUT2D eigenvalue weighted by Crippen LogP contribution is -2.29. The van der Waals surface area contributed by atoms with E-state index < -0.39 is 22.9 Å². The SMILES string of the molecule is C[C@@H](OC(=O)/C=C/c1cn(-c2ccccc2)nc1-c1ccccc1)C(=O)Nc1cccc([N+](=O)[O-])c1. The van der Waals surface area contributed by atoms with Gasteiger partial charge in [-0.2, -0.15) is 5.10 Å². The van der Waals surface area contributed by atoms with E-state index in [9.17, 15) is 19.7 Å². The maximum Gasteiger partial charge on any atom is 0.331 e. The Hall–Kier alpha value is -5.05. The third kappa shape index (κ3) is 5.89. The van der Waals surface area contributed by atoms with Crippen LogP contribution in [-0.4, -0.2) is 32.7 Å². The van der Waals surface area contributed by atoms with E-state index in [2.05, 4.69) is 10.4 Å². The number of aromatic nitrogens is 2. The number of anilines is 1. The molecule has 1 heterocycles. The number of hydrogen-bond donors (Lipinski definition) is 1. The van der Waals surface area contributed by atoms with Crippen molar-refractivity contribution in [3.05, 3.63) is 113 Å². The molecular formula is C27H22N4O5. The lowest BCUT2D eigenvalue weighted by atomic mass is 10.1. The minimum Gasteiger partial charge on any atom is -0.449 e. The monoisotopic (exact) mass is 482 g/mol. The number of ether oxygens (including phenoxy) is 1. The van der Waals surface area contributed by atoms with Crippen LogP contribution in [0.15, 0.2) is 97.2 Å². The van der Waals surface area contributed by atoms with Gasteiger partial charge in [-0.05, 0) is 31.2 Å². The molecular weight excluding hydrogens is 460 g/mol. The number of nitrogens with one attached hydrogen (secondary N) is 1. The van der Waals surface area contributed by atoms with E-state index in [-0.39, 0.29) is 11.4 Å². The molecule has 1 atom stereocenters. The summed E-state index contributed by atoms with van der Waals surface area (Å²) in [6, 6.07) is 24.6. The minimum absolute atomic E-state index is 0.161. The molecule has 0 aliphatic carbocycles. The standard InChI is InChI=1S/C27H22N4O5/c1-19(27(33)28-22-11-8-14-24(17-22)31(34)35)36-25(32)16-15-21-18-30(23-12-6-3-7-13-23)29-26(21)20-9-4-2-5-10-20/h2-19H,1H3,(H,28,33)/b16-15+/t19-/m1/s1. The van der Waals surface area contributed by atoms with Crippen LogP contribution < -0.4 is 5.32 Å². The molecule has 1 N–H and O–H groups in total. The maximum atomic E-state index is 12.4. The highest BCUT2D eigenvalue weighted by molar-refractivity contribution is 5.97. The number of hydrogen-bond acceptors (Lipinski definition) is 6. The van der Waals surface area contributed by atoms with Crippen molar-refractivity contribution in [3.63, 3.8) is 0 Å². The van der Waals surface area contributed by atoms with E-state index in [4.69, 9.17) is 4.74 Å². The van der Waals surface area contributed by atoms with Gasteiger partial charge in [0.05, 0.1) is 16.3 Å². The van der Waals surface area contributed by atoms with E-state index >= 15 is 0 Å². The first-order valence-corrected chi connectivity index (χ1v) is 11.1. The molecule has 0 bridgehead atoms. The molecule has 36 heavy (non-hydrogen) atoms. The van der Waals surface area contributed by atoms with Gasteiger partial charge in [-0.25, -0.2) is 9.48 Å². The average Bonchev–Trinajstić information content (AvgIpc) is 3.33. The fraction of sp³-hybridized carbons (Fsp3) is 0.0741. The Morgan fingerprint density at radius 3 is 2.42 bits per heavy atom. The minimum atomic E-state index is -1.12. The van der Waals surface area contributed by atoms with Crippen molar-refractivity contribution < 1.29 is 19.2 Å². The Kier molecular flexibility index (Phi) is 7.30. The zero-order valence-electron chi connectivity index (χ0n) is 19.3. The molecule has 9 heteroatoms. The number of carbonyl (C=O) groups is 2. The van der Waals surface area contributed by atoms with Gasteiger partial charge in [0, 0.05) is 41.2 Å². The number of non-ortho nitro benzene ring substituents is 1. The summed E-state index contributed by atoms with van der Waals surface area (Å²) >= 11 is 0. The largest absolute Gasteiger partial charge is 0.449 e. The number of benzene rings is 3. The van der Waals surface area contributed by atoms with Gasteiger partial charge in [-0.1, -0.05) is 54.6 Å². The maximum absolute atomic E-state index is 12.4. The quantitative estimate of drug-likeness (QED) is 0.163. The number of carbonyl (C=O) groups excluding carboxylic acids is 2. The summed E-state index contributed by atoms with van der Waals surface area (Å²) in [5.74, 6) is -1.33. The summed E-state index contributed by atoms with van der Waals surface area (Å²) in [5.41, 5.74) is 3.18. The molecule has 3 aromatic carbocycles. The molecule has 4 aromatic rings. The van der Waals surface area contributed by atoms with E-state index in [1.54, 1.807) is 17.0 Å². The summed E-state index contributed by atoms with van der Waals surface area (Å²) in [7, 11) is 0. The van der Waals surface area contributed by atoms with Crippen LogP contribution in [0.25, 0.3) is 23.0 Å². The van der Waals surface area contributed by atoms with E-state index in [0.29, 0.717) is 11.3 Å². The first-order valence-electron chi connectivity index (χ1n) is 11.1. The van der Waals surface area contributed by atoms with E-state index in [1.807, 2.05) is 60.7 Å². The smallest absolute Gasteiger partial charge is 0.331 e. The molecule has 0 aliphatic rings. The number of rotatable bonds is 8. The van der Waals surface area contributed by atoms with Crippen LogP contribution in [0, 0.1) is 10.1 Å². The predicted octanol–water partition coefficient (Wildman–Crippen LogP) is 5.03. The van der Waals surface area contributed by atoms with Crippen molar-refractivity contribution >= 4 is 29.3 Å². The van der Waals surface area contributed by atoms with Crippen LogP contribution in [0.1, 0.15) is 12.5 Å². The van der Waals surface area contributed by atoms with Gasteiger partial charge in [0.25, 0.3) is 11.6 Å². The summed E-state index contributed by atoms with van der Waals surface area (Å²) < 4.78 is 6.95. The Morgan fingerprint density at radius 1 is 1.03 bits per heavy atom. The molecule has 0 spiro atoms. The van der Waals surface area contributed by atoms with Gasteiger partial charge in [-0.15, -0.1) is 0 Å². The molecule has 0 aliphatic heterocycles. The highest BCUT2D eigenvalue weighted by Crippen LogP contribution is 2.25. The molecule has 0 fully saturated rings. The molecule has 0 unspecified atom stereocenters. The molecule has 180 valence electrons. The number of esters is 1. The van der Waals surface area contributed by atoms with E-state index in [1.165, 1.54) is 37.3 Å². The van der Waals surface area contributed by atoms with Crippen molar-refractivity contribution in [2.75, 3.05) is 5.32 Å². The third-order valence-electron chi connectivity index (χ3n) is 5.20. The Bertz CT molecular complexity index is 1410. The van der Waals surface area contributed by atoms with Gasteiger partial charge in [0.15, 0.2) is 6.10 Å². The Balaban J connectivity index is 1.47. The highest BCUT2D eigenvalue weighted by atomic mass is 16.6. The fourth-order valence-electron chi connectivity index (χ4n) is 3.41. The van der Waals surface area contributed by atoms with Crippen LogP contribution in [0.2, 0.25) is 0 Å². The lowest BCUT2D eigenvalue weighted by Gasteiger charge is -2.12. The fourth-order valence-corrected chi connectivity index (χ4v) is 3.41. The number of nitrogens with zero attached hydrogens (tertiary/aromatic N) is 3. The molecule has 1 amide bonds. The Morgan fingerprint density at radius 2 is 1.72 bits per heavy atom. The predicted molar refractivity (Wildman–Crippen MR) is 135 cm³/mol. The lowest BCUT2D eigenvalue weighted by molar-refractivity contribution is -0.384.